The molecule has 1 atom stereocenters. The van der Waals surface area contributed by atoms with Gasteiger partial charge in [-0.15, -0.1) is 0 Å². The second kappa shape index (κ2) is 5.54. The number of rotatable bonds is 2. The van der Waals surface area contributed by atoms with Crippen molar-refractivity contribution < 1.29 is 22.7 Å². The Morgan fingerprint density at radius 3 is 2.15 bits per heavy atom. The highest BCUT2D eigenvalue weighted by molar-refractivity contribution is 9.10. The lowest BCUT2D eigenvalue weighted by molar-refractivity contribution is 0.211. The highest BCUT2D eigenvalue weighted by atomic mass is 79.9. The predicted molar refractivity (Wildman–Crippen MR) is 69.2 cm³/mol. The van der Waals surface area contributed by atoms with Crippen LogP contribution in [0.1, 0.15) is 22.8 Å². The van der Waals surface area contributed by atoms with Crippen molar-refractivity contribution in [1.29, 1.82) is 0 Å². The third kappa shape index (κ3) is 2.45. The standard InChI is InChI=1S/C14H9BrF4O/c1-6-2-3-8(12(18)11(6)17)14(20)7-4-5-9(16)13(19)10(7)15/h2-5,14,20H,1H3. The summed E-state index contributed by atoms with van der Waals surface area (Å²) >= 11 is 2.80. The molecule has 0 heterocycles. The first-order chi connectivity index (χ1) is 9.34. The first-order valence-corrected chi connectivity index (χ1v) is 6.39. The molecule has 0 saturated heterocycles. The molecule has 0 saturated carbocycles. The molecule has 1 unspecified atom stereocenters. The third-order valence-corrected chi connectivity index (χ3v) is 3.77. The minimum Gasteiger partial charge on any atom is -0.384 e. The fraction of sp³-hybridized carbons (Fsp3) is 0.143. The van der Waals surface area contributed by atoms with Crippen LogP contribution in [0.15, 0.2) is 28.7 Å². The number of aliphatic hydroxyl groups excluding tert-OH is 1. The zero-order chi connectivity index (χ0) is 15.0. The molecule has 2 aromatic rings. The number of hydrogen-bond donors (Lipinski definition) is 1. The molecule has 0 aromatic heterocycles. The Labute approximate surface area is 121 Å². The Kier molecular flexibility index (Phi) is 4.15. The molecule has 106 valence electrons. The van der Waals surface area contributed by atoms with Crippen LogP contribution in [-0.2, 0) is 0 Å². The number of aliphatic hydroxyl groups is 1. The average molecular weight is 349 g/mol. The van der Waals surface area contributed by atoms with E-state index < -0.39 is 29.4 Å². The van der Waals surface area contributed by atoms with Crippen molar-refractivity contribution >= 4 is 15.9 Å². The van der Waals surface area contributed by atoms with Gasteiger partial charge in [-0.25, -0.2) is 17.6 Å². The van der Waals surface area contributed by atoms with E-state index in [0.29, 0.717) is 0 Å². The first kappa shape index (κ1) is 15.0. The SMILES string of the molecule is Cc1ccc(C(O)c2ccc(F)c(F)c2Br)c(F)c1F. The molecule has 6 heteroatoms. The van der Waals surface area contributed by atoms with Crippen LogP contribution >= 0.6 is 15.9 Å². The number of benzene rings is 2. The van der Waals surface area contributed by atoms with Crippen molar-refractivity contribution in [2.75, 3.05) is 0 Å². The van der Waals surface area contributed by atoms with Gasteiger partial charge in [-0.2, -0.15) is 0 Å². The Bertz CT molecular complexity index is 615. The Balaban J connectivity index is 2.55. The lowest BCUT2D eigenvalue weighted by Crippen LogP contribution is -2.07. The van der Waals surface area contributed by atoms with Gasteiger partial charge in [0.25, 0.3) is 0 Å². The van der Waals surface area contributed by atoms with Crippen molar-refractivity contribution in [3.8, 4) is 0 Å². The molecular formula is C14H9BrF4O. The van der Waals surface area contributed by atoms with Gasteiger partial charge >= 0.3 is 0 Å². The molecule has 0 aliphatic rings. The van der Waals surface area contributed by atoms with E-state index in [1.807, 2.05) is 0 Å². The van der Waals surface area contributed by atoms with Crippen molar-refractivity contribution in [2.24, 2.45) is 0 Å². The van der Waals surface area contributed by atoms with Gasteiger partial charge in [-0.05, 0) is 34.5 Å². The van der Waals surface area contributed by atoms with Gasteiger partial charge in [0.15, 0.2) is 23.3 Å². The molecule has 2 rings (SSSR count). The van der Waals surface area contributed by atoms with E-state index in [2.05, 4.69) is 15.9 Å². The van der Waals surface area contributed by atoms with Gasteiger partial charge in [0.2, 0.25) is 0 Å². The van der Waals surface area contributed by atoms with E-state index in [9.17, 15) is 22.7 Å². The summed E-state index contributed by atoms with van der Waals surface area (Å²) in [7, 11) is 0. The van der Waals surface area contributed by atoms with Crippen LogP contribution in [0, 0.1) is 30.2 Å². The molecule has 0 bridgehead atoms. The summed E-state index contributed by atoms with van der Waals surface area (Å²) < 4.78 is 53.4. The van der Waals surface area contributed by atoms with Crippen LogP contribution in [0.3, 0.4) is 0 Å². The van der Waals surface area contributed by atoms with E-state index in [4.69, 9.17) is 0 Å². The van der Waals surface area contributed by atoms with Gasteiger partial charge in [0.1, 0.15) is 6.10 Å². The highest BCUT2D eigenvalue weighted by Crippen LogP contribution is 2.33. The maximum atomic E-state index is 13.8. The van der Waals surface area contributed by atoms with Crippen LogP contribution in [0.2, 0.25) is 0 Å². The highest BCUT2D eigenvalue weighted by Gasteiger charge is 2.23. The summed E-state index contributed by atoms with van der Waals surface area (Å²) in [5.74, 6) is -4.60. The van der Waals surface area contributed by atoms with Crippen molar-refractivity contribution in [3.63, 3.8) is 0 Å². The van der Waals surface area contributed by atoms with E-state index in [1.54, 1.807) is 0 Å². The zero-order valence-electron chi connectivity index (χ0n) is 10.2. The smallest absolute Gasteiger partial charge is 0.173 e. The maximum absolute atomic E-state index is 13.8. The summed E-state index contributed by atoms with van der Waals surface area (Å²) in [5, 5.41) is 10.1. The molecule has 1 N–H and O–H groups in total. The fourth-order valence-corrected chi connectivity index (χ4v) is 2.33. The van der Waals surface area contributed by atoms with Gasteiger partial charge in [0.05, 0.1) is 4.47 Å². The van der Waals surface area contributed by atoms with Crippen LogP contribution in [0.5, 0.6) is 0 Å². The second-order valence-electron chi connectivity index (χ2n) is 4.27. The molecule has 20 heavy (non-hydrogen) atoms. The van der Waals surface area contributed by atoms with E-state index in [1.165, 1.54) is 19.1 Å². The van der Waals surface area contributed by atoms with Crippen molar-refractivity contribution in [1.82, 2.24) is 0 Å². The molecule has 0 amide bonds. The first-order valence-electron chi connectivity index (χ1n) is 5.60. The second-order valence-corrected chi connectivity index (χ2v) is 5.06. The molecule has 2 aromatic carbocycles. The fourth-order valence-electron chi connectivity index (χ4n) is 1.79. The normalized spacial score (nSPS) is 12.6. The lowest BCUT2D eigenvalue weighted by atomic mass is 9.99. The number of aryl methyl sites for hydroxylation is 1. The Hall–Kier alpha value is -1.40. The maximum Gasteiger partial charge on any atom is 0.173 e. The topological polar surface area (TPSA) is 20.2 Å². The molecule has 1 nitrogen and oxygen atoms in total. The van der Waals surface area contributed by atoms with Crippen molar-refractivity contribution in [2.45, 2.75) is 13.0 Å². The van der Waals surface area contributed by atoms with Gasteiger partial charge in [-0.3, -0.25) is 0 Å². The van der Waals surface area contributed by atoms with Gasteiger partial charge < -0.3 is 5.11 Å². The molecule has 0 spiro atoms. The van der Waals surface area contributed by atoms with E-state index >= 15 is 0 Å². The minimum absolute atomic E-state index is 0.0859. The Morgan fingerprint density at radius 1 is 0.900 bits per heavy atom. The van der Waals surface area contributed by atoms with Crippen LogP contribution in [0.25, 0.3) is 0 Å². The molecule has 0 aliphatic carbocycles. The number of halogens is 5. The summed E-state index contributed by atoms with van der Waals surface area (Å²) in [4.78, 5) is 0. The van der Waals surface area contributed by atoms with Crippen LogP contribution in [0.4, 0.5) is 17.6 Å². The summed E-state index contributed by atoms with van der Waals surface area (Å²) in [6, 6.07) is 4.41. The van der Waals surface area contributed by atoms with Crippen LogP contribution < -0.4 is 0 Å². The summed E-state index contributed by atoms with van der Waals surface area (Å²) in [6.07, 6.45) is -1.62. The average Bonchev–Trinajstić information content (AvgIpc) is 2.42. The number of hydrogen-bond acceptors (Lipinski definition) is 1. The molecule has 0 aliphatic heterocycles. The monoisotopic (exact) mass is 348 g/mol. The van der Waals surface area contributed by atoms with Gasteiger partial charge in [-0.1, -0.05) is 18.2 Å². The third-order valence-electron chi connectivity index (χ3n) is 2.96. The minimum atomic E-state index is -1.62. The molecule has 0 radical (unpaired) electrons. The lowest BCUT2D eigenvalue weighted by Gasteiger charge is -2.15. The van der Waals surface area contributed by atoms with E-state index in [-0.39, 0.29) is 21.2 Å². The quantitative estimate of drug-likeness (QED) is 0.630. The summed E-state index contributed by atoms with van der Waals surface area (Å²) in [6.45, 7) is 1.38. The molecule has 0 fully saturated rings. The molecular weight excluding hydrogens is 340 g/mol. The largest absolute Gasteiger partial charge is 0.384 e. The van der Waals surface area contributed by atoms with Gasteiger partial charge in [0, 0.05) is 11.1 Å². The van der Waals surface area contributed by atoms with Crippen LogP contribution in [-0.4, -0.2) is 5.11 Å². The van der Waals surface area contributed by atoms with Crippen molar-refractivity contribution in [3.05, 3.63) is 68.7 Å². The zero-order valence-corrected chi connectivity index (χ0v) is 11.8. The Morgan fingerprint density at radius 2 is 1.50 bits per heavy atom. The predicted octanol–water partition coefficient (Wildman–Crippen LogP) is 4.40. The summed E-state index contributed by atoms with van der Waals surface area (Å²) in [5.41, 5.74) is -0.353. The van der Waals surface area contributed by atoms with E-state index in [0.717, 1.165) is 12.1 Å².